The first kappa shape index (κ1) is 22.0. The molecule has 4 fully saturated rings. The molecule has 0 aromatic heterocycles. The van der Waals surface area contributed by atoms with Gasteiger partial charge in [0.15, 0.2) is 34.4 Å². The minimum Gasteiger partial charge on any atom is -0.388 e. The van der Waals surface area contributed by atoms with Crippen LogP contribution in [0.4, 0.5) is 8.78 Å². The molecule has 8 atom stereocenters. The average molecular weight is 450 g/mol. The molecule has 0 amide bonds. The van der Waals surface area contributed by atoms with Crippen molar-refractivity contribution in [2.24, 2.45) is 22.7 Å². The predicted molar refractivity (Wildman–Crippen MR) is 108 cm³/mol. The Labute approximate surface area is 185 Å². The second-order valence-electron chi connectivity index (χ2n) is 10.8. The maximum Gasteiger partial charge on any atom is 0.193 e. The Hall–Kier alpha value is -1.77. The van der Waals surface area contributed by atoms with Crippen molar-refractivity contribution in [2.45, 2.75) is 76.3 Å². The molecule has 0 radical (unpaired) electrons. The van der Waals surface area contributed by atoms with Crippen LogP contribution in [0.1, 0.15) is 47.0 Å². The van der Waals surface area contributed by atoms with Crippen molar-refractivity contribution in [2.75, 3.05) is 6.61 Å². The maximum atomic E-state index is 17.0. The highest BCUT2D eigenvalue weighted by Crippen LogP contribution is 2.71. The fraction of sp³-hybridized carbons (Fsp3) is 0.708. The molecule has 0 aromatic rings. The summed E-state index contributed by atoms with van der Waals surface area (Å²) in [4.78, 5) is 38.6. The van der Waals surface area contributed by atoms with Gasteiger partial charge in [0.05, 0.1) is 11.5 Å². The first-order valence-electron chi connectivity index (χ1n) is 11.1. The molecule has 0 spiro atoms. The number of allylic oxidation sites excluding steroid dienone is 4. The molecule has 0 bridgehead atoms. The summed E-state index contributed by atoms with van der Waals surface area (Å²) < 4.78 is 44.6. The lowest BCUT2D eigenvalue weighted by molar-refractivity contribution is -0.222. The standard InChI is InChI=1S/C24H28F2O6/c1-20(2)31-19-9-13-14-8-16(25)15-7-12(28)5-6-21(15,3)23(14,26)17(29)10-22(13,4)24(19,32-20)18(30)11-27/h5-7,13-14,16,19,27H,8-11H2,1-4H3/t13-,14-,16-,19+,21-,22-,23-,24+/m0/s1. The smallest absolute Gasteiger partial charge is 0.193 e. The molecular weight excluding hydrogens is 422 g/mol. The van der Waals surface area contributed by atoms with Crippen LogP contribution in [0.15, 0.2) is 23.8 Å². The number of ether oxygens (including phenoxy) is 2. The van der Waals surface area contributed by atoms with Gasteiger partial charge < -0.3 is 14.6 Å². The Morgan fingerprint density at radius 3 is 2.53 bits per heavy atom. The van der Waals surface area contributed by atoms with Gasteiger partial charge in [-0.25, -0.2) is 8.78 Å². The van der Waals surface area contributed by atoms with E-state index in [0.29, 0.717) is 0 Å². The zero-order valence-electron chi connectivity index (χ0n) is 18.6. The third-order valence-corrected chi connectivity index (χ3v) is 8.94. The van der Waals surface area contributed by atoms with Gasteiger partial charge in [-0.15, -0.1) is 0 Å². The zero-order valence-corrected chi connectivity index (χ0v) is 18.6. The summed E-state index contributed by atoms with van der Waals surface area (Å²) in [5.74, 6) is -4.53. The largest absolute Gasteiger partial charge is 0.388 e. The van der Waals surface area contributed by atoms with Crippen molar-refractivity contribution in [3.63, 3.8) is 0 Å². The minimum absolute atomic E-state index is 0.00586. The lowest BCUT2D eigenvalue weighted by Crippen LogP contribution is -2.69. The van der Waals surface area contributed by atoms with Gasteiger partial charge in [-0.1, -0.05) is 13.0 Å². The summed E-state index contributed by atoms with van der Waals surface area (Å²) >= 11 is 0. The van der Waals surface area contributed by atoms with E-state index in [4.69, 9.17) is 9.47 Å². The Morgan fingerprint density at radius 1 is 1.19 bits per heavy atom. The molecule has 1 N–H and O–H groups in total. The van der Waals surface area contributed by atoms with Gasteiger partial charge in [-0.05, 0) is 57.3 Å². The van der Waals surface area contributed by atoms with Crippen LogP contribution in [0.2, 0.25) is 0 Å². The lowest BCUT2D eigenvalue weighted by atomic mass is 9.45. The van der Waals surface area contributed by atoms with Gasteiger partial charge in [-0.2, -0.15) is 0 Å². The molecule has 174 valence electrons. The Bertz CT molecular complexity index is 1000. The summed E-state index contributed by atoms with van der Waals surface area (Å²) in [7, 11) is 0. The van der Waals surface area contributed by atoms with Crippen LogP contribution in [-0.2, 0) is 23.9 Å². The topological polar surface area (TPSA) is 89.9 Å². The fourth-order valence-electron chi connectivity index (χ4n) is 7.65. The van der Waals surface area contributed by atoms with E-state index in [-0.39, 0.29) is 24.8 Å². The number of carbonyl (C=O) groups is 3. The van der Waals surface area contributed by atoms with E-state index >= 15 is 8.78 Å². The van der Waals surface area contributed by atoms with Crippen LogP contribution in [0.25, 0.3) is 0 Å². The van der Waals surface area contributed by atoms with E-state index < -0.39 is 76.0 Å². The third-order valence-electron chi connectivity index (χ3n) is 8.94. The first-order valence-corrected chi connectivity index (χ1v) is 11.1. The molecule has 6 nitrogen and oxygen atoms in total. The van der Waals surface area contributed by atoms with E-state index in [0.717, 1.165) is 6.08 Å². The van der Waals surface area contributed by atoms with E-state index in [1.807, 2.05) is 0 Å². The van der Waals surface area contributed by atoms with E-state index in [1.54, 1.807) is 20.8 Å². The van der Waals surface area contributed by atoms with Gasteiger partial charge in [0, 0.05) is 17.8 Å². The molecule has 0 unspecified atom stereocenters. The number of hydrogen-bond acceptors (Lipinski definition) is 6. The van der Waals surface area contributed by atoms with Crippen LogP contribution < -0.4 is 0 Å². The van der Waals surface area contributed by atoms with Crippen molar-refractivity contribution in [3.8, 4) is 0 Å². The van der Waals surface area contributed by atoms with Crippen LogP contribution in [0.3, 0.4) is 0 Å². The summed E-state index contributed by atoms with van der Waals surface area (Å²) in [6.45, 7) is 5.68. The highest BCUT2D eigenvalue weighted by atomic mass is 19.1. The number of carbonyl (C=O) groups excluding carboxylic acids is 3. The second-order valence-corrected chi connectivity index (χ2v) is 10.8. The van der Waals surface area contributed by atoms with E-state index in [2.05, 4.69) is 0 Å². The van der Waals surface area contributed by atoms with Crippen LogP contribution in [0.5, 0.6) is 0 Å². The number of fused-ring (bicyclic) bond motifs is 7. The van der Waals surface area contributed by atoms with Crippen molar-refractivity contribution in [1.82, 2.24) is 0 Å². The molecule has 32 heavy (non-hydrogen) atoms. The first-order chi connectivity index (χ1) is 14.8. The predicted octanol–water partition coefficient (Wildman–Crippen LogP) is 2.58. The van der Waals surface area contributed by atoms with Crippen molar-refractivity contribution >= 4 is 17.3 Å². The number of ketones is 3. The second kappa shape index (κ2) is 6.21. The van der Waals surface area contributed by atoms with Crippen LogP contribution in [0, 0.1) is 22.7 Å². The van der Waals surface area contributed by atoms with Crippen LogP contribution in [-0.4, -0.2) is 58.4 Å². The normalized spacial score (nSPS) is 50.9. The molecular formula is C24H28F2O6. The Morgan fingerprint density at radius 2 is 1.88 bits per heavy atom. The average Bonchev–Trinajstić information content (AvgIpc) is 3.11. The SMILES string of the molecule is CC1(C)O[C@@H]2C[C@H]3[C@@H]4C[C@H](F)C5=CC(=O)C=C[C@]5(C)[C@@]4(F)C(=O)C[C@]3(C)[C@]2(C(=O)CO)O1. The summed E-state index contributed by atoms with van der Waals surface area (Å²) in [5, 5.41) is 9.77. The third kappa shape index (κ3) is 2.26. The molecule has 3 saturated carbocycles. The molecule has 1 saturated heterocycles. The number of halogens is 2. The maximum absolute atomic E-state index is 17.0. The van der Waals surface area contributed by atoms with Crippen molar-refractivity contribution < 1.29 is 37.7 Å². The number of alkyl halides is 2. The van der Waals surface area contributed by atoms with Gasteiger partial charge in [0.1, 0.15) is 12.8 Å². The fourth-order valence-corrected chi connectivity index (χ4v) is 7.65. The van der Waals surface area contributed by atoms with Gasteiger partial charge in [-0.3, -0.25) is 14.4 Å². The highest BCUT2D eigenvalue weighted by Gasteiger charge is 2.80. The van der Waals surface area contributed by atoms with Crippen molar-refractivity contribution in [1.29, 1.82) is 0 Å². The van der Waals surface area contributed by atoms with E-state index in [9.17, 15) is 19.5 Å². The quantitative estimate of drug-likeness (QED) is 0.696. The van der Waals surface area contributed by atoms with Crippen LogP contribution >= 0.6 is 0 Å². The number of hydrogen-bond donors (Lipinski definition) is 1. The van der Waals surface area contributed by atoms with Gasteiger partial charge in [0.25, 0.3) is 0 Å². The monoisotopic (exact) mass is 450 g/mol. The Balaban J connectivity index is 1.67. The molecule has 5 aliphatic rings. The molecule has 5 rings (SSSR count). The summed E-state index contributed by atoms with van der Waals surface area (Å²) in [6.07, 6.45) is 0.867. The zero-order chi connectivity index (χ0) is 23.5. The summed E-state index contributed by atoms with van der Waals surface area (Å²) in [6, 6.07) is 0. The highest BCUT2D eigenvalue weighted by molar-refractivity contribution is 6.03. The summed E-state index contributed by atoms with van der Waals surface area (Å²) in [5.41, 5.74) is -6.81. The molecule has 0 aromatic carbocycles. The molecule has 1 aliphatic heterocycles. The minimum atomic E-state index is -2.43. The van der Waals surface area contributed by atoms with E-state index in [1.165, 1.54) is 19.1 Å². The number of rotatable bonds is 2. The number of Topliss-reactive ketones (excluding diaryl/α,β-unsaturated/α-hetero) is 2. The molecule has 1 heterocycles. The van der Waals surface area contributed by atoms with Crippen molar-refractivity contribution in [3.05, 3.63) is 23.8 Å². The lowest BCUT2D eigenvalue weighted by Gasteiger charge is -2.60. The number of aliphatic hydroxyl groups excluding tert-OH is 1. The molecule has 8 heteroatoms. The van der Waals surface area contributed by atoms with Gasteiger partial charge in [0.2, 0.25) is 0 Å². The molecule has 4 aliphatic carbocycles. The Kier molecular flexibility index (Phi) is 4.28. The number of aliphatic hydroxyl groups is 1. The van der Waals surface area contributed by atoms with Gasteiger partial charge >= 0.3 is 0 Å².